The zero-order valence-electron chi connectivity index (χ0n) is 7.36. The van der Waals surface area contributed by atoms with Crippen LogP contribution in [-0.4, -0.2) is 22.6 Å². The van der Waals surface area contributed by atoms with Crippen LogP contribution in [0.25, 0.3) is 0 Å². The molecule has 0 radical (unpaired) electrons. The molecule has 1 heterocycles. The highest BCUT2D eigenvalue weighted by Gasteiger charge is 2.10. The monoisotopic (exact) mass is 184 g/mol. The highest BCUT2D eigenvalue weighted by Crippen LogP contribution is 1.92. The molecular formula is C7H12N4O2. The Kier molecular flexibility index (Phi) is 3.39. The molecule has 0 aliphatic rings. The van der Waals surface area contributed by atoms with Gasteiger partial charge in [0.2, 0.25) is 12.3 Å². The van der Waals surface area contributed by atoms with Crippen LogP contribution in [0.1, 0.15) is 12.7 Å². The summed E-state index contributed by atoms with van der Waals surface area (Å²) >= 11 is 0. The van der Waals surface area contributed by atoms with E-state index in [1.807, 2.05) is 0 Å². The molecule has 1 amide bonds. The molecule has 0 spiro atoms. The minimum Gasteiger partial charge on any atom is -0.348 e. The summed E-state index contributed by atoms with van der Waals surface area (Å²) in [6.45, 7) is 2.36. The van der Waals surface area contributed by atoms with Gasteiger partial charge in [0.05, 0.1) is 6.54 Å². The second-order valence-corrected chi connectivity index (χ2v) is 2.70. The van der Waals surface area contributed by atoms with Crippen molar-refractivity contribution in [2.75, 3.05) is 6.54 Å². The molecule has 0 bridgehead atoms. The zero-order valence-corrected chi connectivity index (χ0v) is 7.36. The second-order valence-electron chi connectivity index (χ2n) is 2.70. The van der Waals surface area contributed by atoms with E-state index >= 15 is 0 Å². The Bertz CT molecular complexity index is 259. The number of rotatable bonds is 4. The lowest BCUT2D eigenvalue weighted by Crippen LogP contribution is -2.33. The van der Waals surface area contributed by atoms with Gasteiger partial charge in [-0.2, -0.15) is 4.98 Å². The van der Waals surface area contributed by atoms with E-state index in [0.717, 1.165) is 0 Å². The van der Waals surface area contributed by atoms with Crippen LogP contribution in [0.4, 0.5) is 0 Å². The van der Waals surface area contributed by atoms with Crippen LogP contribution in [0.3, 0.4) is 0 Å². The number of hydrogen-bond acceptors (Lipinski definition) is 5. The van der Waals surface area contributed by atoms with Gasteiger partial charge < -0.3 is 15.6 Å². The van der Waals surface area contributed by atoms with E-state index in [1.165, 1.54) is 6.39 Å². The van der Waals surface area contributed by atoms with E-state index in [0.29, 0.717) is 12.4 Å². The normalized spacial score (nSPS) is 12.5. The Morgan fingerprint density at radius 1 is 1.85 bits per heavy atom. The average Bonchev–Trinajstić information content (AvgIpc) is 2.65. The summed E-state index contributed by atoms with van der Waals surface area (Å²) in [5.74, 6) is 0.164. The number of nitrogens with two attached hydrogens (primary N) is 1. The maximum Gasteiger partial charge on any atom is 0.224 e. The van der Waals surface area contributed by atoms with Gasteiger partial charge in [-0.05, 0) is 0 Å². The fraction of sp³-hybridized carbons (Fsp3) is 0.571. The summed E-state index contributed by atoms with van der Waals surface area (Å²) in [6.07, 6.45) is 1.22. The summed E-state index contributed by atoms with van der Waals surface area (Å²) in [7, 11) is 0. The van der Waals surface area contributed by atoms with Crippen molar-refractivity contribution in [1.82, 2.24) is 15.5 Å². The van der Waals surface area contributed by atoms with Crippen molar-refractivity contribution in [2.45, 2.75) is 13.5 Å². The molecule has 3 N–H and O–H groups in total. The molecule has 0 aliphatic heterocycles. The molecule has 0 saturated carbocycles. The molecule has 1 rings (SSSR count). The van der Waals surface area contributed by atoms with Crippen LogP contribution in [0, 0.1) is 5.92 Å². The first-order chi connectivity index (χ1) is 6.24. The van der Waals surface area contributed by atoms with Crippen LogP contribution in [-0.2, 0) is 11.3 Å². The molecule has 1 aromatic rings. The van der Waals surface area contributed by atoms with E-state index in [4.69, 9.17) is 5.73 Å². The maximum atomic E-state index is 11.2. The molecule has 0 aliphatic carbocycles. The van der Waals surface area contributed by atoms with Gasteiger partial charge in [0.15, 0.2) is 5.82 Å². The SMILES string of the molecule is CC(CN)C(=O)NCc1ncon1. The summed E-state index contributed by atoms with van der Waals surface area (Å²) in [5, 5.41) is 6.17. The summed E-state index contributed by atoms with van der Waals surface area (Å²) < 4.78 is 4.50. The van der Waals surface area contributed by atoms with Crippen molar-refractivity contribution in [1.29, 1.82) is 0 Å². The molecule has 6 nitrogen and oxygen atoms in total. The Morgan fingerprint density at radius 3 is 3.15 bits per heavy atom. The average molecular weight is 184 g/mol. The predicted octanol–water partition coefficient (Wildman–Crippen LogP) is -0.719. The number of carbonyl (C=O) groups excluding carboxylic acids is 1. The van der Waals surface area contributed by atoms with Crippen LogP contribution in [0.15, 0.2) is 10.9 Å². The zero-order chi connectivity index (χ0) is 9.68. The molecule has 6 heteroatoms. The van der Waals surface area contributed by atoms with Gasteiger partial charge in [0, 0.05) is 12.5 Å². The highest BCUT2D eigenvalue weighted by atomic mass is 16.5. The minimum atomic E-state index is -0.188. The number of amides is 1. The topological polar surface area (TPSA) is 94.0 Å². The molecule has 13 heavy (non-hydrogen) atoms. The third-order valence-electron chi connectivity index (χ3n) is 1.63. The van der Waals surface area contributed by atoms with E-state index in [2.05, 4.69) is 20.0 Å². The predicted molar refractivity (Wildman–Crippen MR) is 44.4 cm³/mol. The lowest BCUT2D eigenvalue weighted by molar-refractivity contribution is -0.124. The third-order valence-corrected chi connectivity index (χ3v) is 1.63. The fourth-order valence-electron chi connectivity index (χ4n) is 0.718. The maximum absolute atomic E-state index is 11.2. The Labute approximate surface area is 75.5 Å². The summed E-state index contributed by atoms with van der Waals surface area (Å²) in [4.78, 5) is 14.9. The van der Waals surface area contributed by atoms with Crippen molar-refractivity contribution in [3.8, 4) is 0 Å². The van der Waals surface area contributed by atoms with Crippen LogP contribution < -0.4 is 11.1 Å². The standard InChI is InChI=1S/C7H12N4O2/c1-5(2-8)7(12)9-3-6-10-4-13-11-6/h4-5H,2-3,8H2,1H3,(H,9,12). The van der Waals surface area contributed by atoms with Crippen molar-refractivity contribution in [3.05, 3.63) is 12.2 Å². The lowest BCUT2D eigenvalue weighted by Gasteiger charge is -2.07. The third kappa shape index (κ3) is 2.83. The van der Waals surface area contributed by atoms with Gasteiger partial charge in [0.1, 0.15) is 0 Å². The Hall–Kier alpha value is -1.43. The van der Waals surface area contributed by atoms with Crippen molar-refractivity contribution in [3.63, 3.8) is 0 Å². The molecule has 0 fully saturated rings. The first-order valence-electron chi connectivity index (χ1n) is 3.97. The van der Waals surface area contributed by atoms with Crippen LogP contribution in [0.2, 0.25) is 0 Å². The van der Waals surface area contributed by atoms with Crippen molar-refractivity contribution < 1.29 is 9.32 Å². The largest absolute Gasteiger partial charge is 0.348 e. The fourth-order valence-corrected chi connectivity index (χ4v) is 0.718. The second kappa shape index (κ2) is 4.56. The number of carbonyl (C=O) groups is 1. The van der Waals surface area contributed by atoms with Gasteiger partial charge >= 0.3 is 0 Å². The molecule has 0 aromatic carbocycles. The lowest BCUT2D eigenvalue weighted by atomic mass is 10.2. The number of aromatic nitrogens is 2. The van der Waals surface area contributed by atoms with Crippen LogP contribution >= 0.6 is 0 Å². The summed E-state index contributed by atoms with van der Waals surface area (Å²) in [5.41, 5.74) is 5.31. The van der Waals surface area contributed by atoms with Gasteiger partial charge in [-0.3, -0.25) is 4.79 Å². The molecule has 0 saturated heterocycles. The molecule has 1 atom stereocenters. The quantitative estimate of drug-likeness (QED) is 0.644. The molecule has 1 aromatic heterocycles. The van der Waals surface area contributed by atoms with E-state index < -0.39 is 0 Å². The van der Waals surface area contributed by atoms with Gasteiger partial charge in [0.25, 0.3) is 0 Å². The molecular weight excluding hydrogens is 172 g/mol. The van der Waals surface area contributed by atoms with Crippen molar-refractivity contribution >= 4 is 5.91 Å². The van der Waals surface area contributed by atoms with Crippen molar-refractivity contribution in [2.24, 2.45) is 11.7 Å². The Balaban J connectivity index is 2.31. The van der Waals surface area contributed by atoms with Gasteiger partial charge in [-0.15, -0.1) is 0 Å². The molecule has 1 unspecified atom stereocenters. The Morgan fingerprint density at radius 2 is 2.62 bits per heavy atom. The van der Waals surface area contributed by atoms with Gasteiger partial charge in [-0.25, -0.2) is 0 Å². The van der Waals surface area contributed by atoms with E-state index in [1.54, 1.807) is 6.92 Å². The van der Waals surface area contributed by atoms with Crippen LogP contribution in [0.5, 0.6) is 0 Å². The first-order valence-corrected chi connectivity index (χ1v) is 3.97. The van der Waals surface area contributed by atoms with E-state index in [9.17, 15) is 4.79 Å². The number of nitrogens with zero attached hydrogens (tertiary/aromatic N) is 2. The summed E-state index contributed by atoms with van der Waals surface area (Å²) in [6, 6.07) is 0. The minimum absolute atomic E-state index is 0.104. The van der Waals surface area contributed by atoms with Gasteiger partial charge in [-0.1, -0.05) is 12.1 Å². The smallest absolute Gasteiger partial charge is 0.224 e. The number of hydrogen-bond donors (Lipinski definition) is 2. The van der Waals surface area contributed by atoms with E-state index in [-0.39, 0.29) is 18.4 Å². The molecule has 72 valence electrons. The number of nitrogens with one attached hydrogen (secondary N) is 1. The highest BCUT2D eigenvalue weighted by molar-refractivity contribution is 5.78. The first kappa shape index (κ1) is 9.66.